The minimum Gasteiger partial charge on any atom is -0.477 e. The molecule has 9 nitrogen and oxygen atoms in total. The number of carbonyl (C=O) groups is 2. The van der Waals surface area contributed by atoms with Crippen LogP contribution in [0.3, 0.4) is 0 Å². The van der Waals surface area contributed by atoms with E-state index in [1.54, 1.807) is 23.6 Å². The molecule has 0 bridgehead atoms. The molecule has 1 aromatic carbocycles. The summed E-state index contributed by atoms with van der Waals surface area (Å²) in [5.41, 5.74) is 3.79. The normalized spacial score (nSPS) is 10.4. The molecule has 2 heterocycles. The Bertz CT molecular complexity index is 1070. The second kappa shape index (κ2) is 9.90. The molecule has 2 amide bonds. The van der Waals surface area contributed by atoms with E-state index in [-0.39, 0.29) is 5.91 Å². The SMILES string of the molecule is Cc1ccc(C(=O)Nc2ccc(OCCc3csc(NC(=O)O)n3)nc2)c(N(C)C)c1. The van der Waals surface area contributed by atoms with Gasteiger partial charge in [0.2, 0.25) is 5.88 Å². The summed E-state index contributed by atoms with van der Waals surface area (Å²) in [5.74, 6) is 0.204. The standard InChI is InChI=1S/C21H23N5O4S/c1-13-4-6-16(17(10-13)26(2)3)19(27)23-14-5-7-18(22-11-14)30-9-8-15-12-31-20(24-15)25-21(28)29/h4-7,10-12H,8-9H2,1-3H3,(H,23,27)(H,24,25)(H,28,29). The van der Waals surface area contributed by atoms with Crippen LogP contribution in [0.1, 0.15) is 21.6 Å². The van der Waals surface area contributed by atoms with Gasteiger partial charge in [0.15, 0.2) is 5.13 Å². The average Bonchev–Trinajstić information content (AvgIpc) is 3.15. The third kappa shape index (κ3) is 6.16. The summed E-state index contributed by atoms with van der Waals surface area (Å²) in [7, 11) is 3.79. The van der Waals surface area contributed by atoms with Crippen molar-refractivity contribution < 1.29 is 19.4 Å². The van der Waals surface area contributed by atoms with Gasteiger partial charge >= 0.3 is 6.09 Å². The lowest BCUT2D eigenvalue weighted by molar-refractivity contribution is 0.102. The maximum atomic E-state index is 12.7. The number of carboxylic acid groups (broad SMARTS) is 1. The van der Waals surface area contributed by atoms with E-state index in [4.69, 9.17) is 9.84 Å². The van der Waals surface area contributed by atoms with Crippen molar-refractivity contribution >= 4 is 39.8 Å². The molecule has 0 aliphatic rings. The quantitative estimate of drug-likeness (QED) is 0.486. The number of nitrogens with zero attached hydrogens (tertiary/aromatic N) is 3. The number of hydrogen-bond donors (Lipinski definition) is 3. The van der Waals surface area contributed by atoms with Crippen LogP contribution in [0, 0.1) is 6.92 Å². The van der Waals surface area contributed by atoms with Gasteiger partial charge < -0.3 is 20.1 Å². The fourth-order valence-electron chi connectivity index (χ4n) is 2.77. The van der Waals surface area contributed by atoms with Gasteiger partial charge in [-0.3, -0.25) is 10.1 Å². The van der Waals surface area contributed by atoms with Crippen molar-refractivity contribution in [2.45, 2.75) is 13.3 Å². The average molecular weight is 442 g/mol. The highest BCUT2D eigenvalue weighted by Gasteiger charge is 2.14. The number of hydrogen-bond acceptors (Lipinski definition) is 7. The Labute approximate surface area is 183 Å². The first-order valence-corrected chi connectivity index (χ1v) is 10.3. The minimum absolute atomic E-state index is 0.214. The number of ether oxygens (including phenoxy) is 1. The van der Waals surface area contributed by atoms with Gasteiger partial charge in [0.25, 0.3) is 5.91 Å². The van der Waals surface area contributed by atoms with Crippen LogP contribution in [0.15, 0.2) is 41.9 Å². The zero-order chi connectivity index (χ0) is 22.4. The van der Waals surface area contributed by atoms with E-state index in [0.29, 0.717) is 35.3 Å². The maximum Gasteiger partial charge on any atom is 0.410 e. The molecule has 0 fully saturated rings. The fourth-order valence-corrected chi connectivity index (χ4v) is 3.51. The molecule has 0 atom stereocenters. The molecule has 0 aliphatic heterocycles. The van der Waals surface area contributed by atoms with Crippen LogP contribution in [0.4, 0.5) is 21.3 Å². The van der Waals surface area contributed by atoms with Crippen LogP contribution < -0.4 is 20.3 Å². The summed E-state index contributed by atoms with van der Waals surface area (Å²) < 4.78 is 5.61. The number of aromatic nitrogens is 2. The Morgan fingerprint density at radius 2 is 2.00 bits per heavy atom. The van der Waals surface area contributed by atoms with Crippen LogP contribution in [0.5, 0.6) is 5.88 Å². The largest absolute Gasteiger partial charge is 0.477 e. The second-order valence-electron chi connectivity index (χ2n) is 6.93. The molecule has 0 aliphatic carbocycles. The summed E-state index contributed by atoms with van der Waals surface area (Å²) in [4.78, 5) is 33.6. The smallest absolute Gasteiger partial charge is 0.410 e. The van der Waals surface area contributed by atoms with Crippen molar-refractivity contribution in [2.24, 2.45) is 0 Å². The maximum absolute atomic E-state index is 12.7. The summed E-state index contributed by atoms with van der Waals surface area (Å²) in [6, 6.07) is 9.07. The molecule has 10 heteroatoms. The Morgan fingerprint density at radius 1 is 1.19 bits per heavy atom. The Hall–Kier alpha value is -3.66. The van der Waals surface area contributed by atoms with Crippen molar-refractivity contribution in [3.63, 3.8) is 0 Å². The van der Waals surface area contributed by atoms with Gasteiger partial charge in [0, 0.05) is 37.6 Å². The number of thiazole rings is 1. The van der Waals surface area contributed by atoms with Crippen LogP contribution in [-0.2, 0) is 6.42 Å². The van der Waals surface area contributed by atoms with E-state index in [0.717, 1.165) is 16.9 Å². The van der Waals surface area contributed by atoms with Crippen molar-refractivity contribution in [3.8, 4) is 5.88 Å². The topological polar surface area (TPSA) is 117 Å². The third-order valence-electron chi connectivity index (χ3n) is 4.25. The number of aryl methyl sites for hydroxylation is 1. The molecule has 0 saturated heterocycles. The third-order valence-corrected chi connectivity index (χ3v) is 5.05. The zero-order valence-electron chi connectivity index (χ0n) is 17.4. The van der Waals surface area contributed by atoms with E-state index < -0.39 is 6.09 Å². The molecule has 3 N–H and O–H groups in total. The first kappa shape index (κ1) is 22.0. The predicted octanol–water partition coefficient (Wildman–Crippen LogP) is 3.88. The van der Waals surface area contributed by atoms with E-state index >= 15 is 0 Å². The monoisotopic (exact) mass is 441 g/mol. The molecule has 0 radical (unpaired) electrons. The van der Waals surface area contributed by atoms with Crippen LogP contribution in [0.25, 0.3) is 0 Å². The number of amides is 2. The molecular weight excluding hydrogens is 418 g/mol. The van der Waals surface area contributed by atoms with E-state index in [2.05, 4.69) is 20.6 Å². The van der Waals surface area contributed by atoms with E-state index in [1.807, 2.05) is 38.1 Å². The highest BCUT2D eigenvalue weighted by atomic mass is 32.1. The molecule has 0 saturated carbocycles. The molecule has 2 aromatic heterocycles. The van der Waals surface area contributed by atoms with Gasteiger partial charge in [-0.25, -0.2) is 14.8 Å². The van der Waals surface area contributed by atoms with Gasteiger partial charge in [-0.15, -0.1) is 11.3 Å². The molecule has 3 rings (SSSR count). The van der Waals surface area contributed by atoms with Crippen molar-refractivity contribution in [2.75, 3.05) is 36.2 Å². The highest BCUT2D eigenvalue weighted by molar-refractivity contribution is 7.13. The number of carbonyl (C=O) groups excluding carboxylic acids is 1. The number of anilines is 3. The van der Waals surface area contributed by atoms with Crippen LogP contribution >= 0.6 is 11.3 Å². The number of pyridine rings is 1. The summed E-state index contributed by atoms with van der Waals surface area (Å²) in [5, 5.41) is 15.8. The van der Waals surface area contributed by atoms with Gasteiger partial charge in [0.05, 0.1) is 29.7 Å². The number of rotatable bonds is 8. The Balaban J connectivity index is 1.54. The summed E-state index contributed by atoms with van der Waals surface area (Å²) >= 11 is 1.22. The molecule has 3 aromatic rings. The Morgan fingerprint density at radius 3 is 2.68 bits per heavy atom. The lowest BCUT2D eigenvalue weighted by Crippen LogP contribution is -2.18. The first-order valence-electron chi connectivity index (χ1n) is 9.44. The van der Waals surface area contributed by atoms with Gasteiger partial charge in [-0.2, -0.15) is 0 Å². The van der Waals surface area contributed by atoms with Crippen LogP contribution in [-0.4, -0.2) is 47.8 Å². The van der Waals surface area contributed by atoms with Crippen molar-refractivity contribution in [1.82, 2.24) is 9.97 Å². The van der Waals surface area contributed by atoms with Crippen LogP contribution in [0.2, 0.25) is 0 Å². The van der Waals surface area contributed by atoms with E-state index in [1.165, 1.54) is 17.5 Å². The fraction of sp³-hybridized carbons (Fsp3) is 0.238. The lowest BCUT2D eigenvalue weighted by Gasteiger charge is -2.18. The molecule has 31 heavy (non-hydrogen) atoms. The highest BCUT2D eigenvalue weighted by Crippen LogP contribution is 2.22. The minimum atomic E-state index is -1.14. The molecule has 0 unspecified atom stereocenters. The van der Waals surface area contributed by atoms with Crippen molar-refractivity contribution in [1.29, 1.82) is 0 Å². The number of benzene rings is 1. The van der Waals surface area contributed by atoms with Crippen molar-refractivity contribution in [3.05, 3.63) is 58.7 Å². The van der Waals surface area contributed by atoms with Gasteiger partial charge in [0.1, 0.15) is 0 Å². The van der Waals surface area contributed by atoms with E-state index in [9.17, 15) is 9.59 Å². The summed E-state index contributed by atoms with van der Waals surface area (Å²) in [6.45, 7) is 2.32. The summed E-state index contributed by atoms with van der Waals surface area (Å²) in [6.07, 6.45) is 0.904. The first-order chi connectivity index (χ1) is 14.8. The molecule has 162 valence electrons. The zero-order valence-corrected chi connectivity index (χ0v) is 18.2. The second-order valence-corrected chi connectivity index (χ2v) is 7.78. The predicted molar refractivity (Wildman–Crippen MR) is 121 cm³/mol. The molecule has 0 spiro atoms. The Kier molecular flexibility index (Phi) is 7.03. The number of nitrogens with one attached hydrogen (secondary N) is 2. The molecular formula is C21H23N5O4S. The lowest BCUT2D eigenvalue weighted by atomic mass is 10.1. The van der Waals surface area contributed by atoms with Gasteiger partial charge in [-0.1, -0.05) is 6.07 Å². The van der Waals surface area contributed by atoms with Gasteiger partial charge in [-0.05, 0) is 30.7 Å².